The summed E-state index contributed by atoms with van der Waals surface area (Å²) in [4.78, 5) is 32.0. The van der Waals surface area contributed by atoms with E-state index in [0.29, 0.717) is 12.1 Å². The summed E-state index contributed by atoms with van der Waals surface area (Å²) in [5.41, 5.74) is 2.99. The fraction of sp³-hybridized carbons (Fsp3) is 0.391. The number of esters is 1. The minimum Gasteiger partial charge on any atom is -0.507 e. The summed E-state index contributed by atoms with van der Waals surface area (Å²) in [6.07, 6.45) is 13.0. The number of ether oxygens (including phenoxy) is 1. The Labute approximate surface area is 191 Å². The minimum atomic E-state index is -0.769. The first-order valence-corrected chi connectivity index (χ1v) is 11.0. The van der Waals surface area contributed by atoms with Crippen molar-refractivity contribution in [2.45, 2.75) is 32.1 Å². The molecule has 0 unspecified atom stereocenters. The van der Waals surface area contributed by atoms with Gasteiger partial charge in [0.05, 0.1) is 17.3 Å². The van der Waals surface area contributed by atoms with Crippen LogP contribution in [0.2, 0.25) is 5.02 Å². The first-order chi connectivity index (χ1) is 15.5. The molecule has 2 heterocycles. The van der Waals surface area contributed by atoms with Crippen molar-refractivity contribution in [1.29, 1.82) is 0 Å². The molecular weight excluding hydrogens is 436 g/mol. The molecule has 2 aliphatic rings. The Kier molecular flexibility index (Phi) is 8.58. The van der Waals surface area contributed by atoms with E-state index in [4.69, 9.17) is 21.2 Å². The number of allylic oxidation sites excluding steroid dienone is 3. The molecule has 1 aromatic rings. The molecule has 1 amide bonds. The minimum absolute atomic E-state index is 0.0726. The Hall–Kier alpha value is -2.97. The van der Waals surface area contributed by atoms with Gasteiger partial charge in [0.1, 0.15) is 17.1 Å². The molecule has 0 atom stereocenters. The van der Waals surface area contributed by atoms with Gasteiger partial charge >= 0.3 is 5.97 Å². The zero-order valence-electron chi connectivity index (χ0n) is 17.7. The Morgan fingerprint density at radius 3 is 2.62 bits per heavy atom. The van der Waals surface area contributed by atoms with Crippen molar-refractivity contribution in [2.75, 3.05) is 26.3 Å². The van der Waals surface area contributed by atoms with Gasteiger partial charge in [0.2, 0.25) is 0 Å². The third kappa shape index (κ3) is 6.27. The van der Waals surface area contributed by atoms with Crippen LogP contribution in [0.3, 0.4) is 0 Å². The van der Waals surface area contributed by atoms with Crippen LogP contribution in [-0.4, -0.2) is 53.3 Å². The van der Waals surface area contributed by atoms with Crippen LogP contribution >= 0.6 is 11.6 Å². The first kappa shape index (κ1) is 23.7. The molecule has 3 rings (SSSR count). The molecule has 1 saturated heterocycles. The number of benzene rings is 1. The van der Waals surface area contributed by atoms with E-state index >= 15 is 0 Å². The number of nitrogens with one attached hydrogen (secondary N) is 1. The largest absolute Gasteiger partial charge is 0.507 e. The number of aromatic hydroxyl groups is 2. The number of hydroxylamine groups is 1. The summed E-state index contributed by atoms with van der Waals surface area (Å²) in [6.45, 7) is 1.42. The quantitative estimate of drug-likeness (QED) is 0.355. The van der Waals surface area contributed by atoms with Gasteiger partial charge in [-0.1, -0.05) is 29.8 Å². The van der Waals surface area contributed by atoms with E-state index < -0.39 is 11.7 Å². The molecule has 0 spiro atoms. The van der Waals surface area contributed by atoms with Gasteiger partial charge in [0.15, 0.2) is 6.61 Å². The molecule has 172 valence electrons. The van der Waals surface area contributed by atoms with E-state index in [1.54, 1.807) is 11.0 Å². The zero-order chi connectivity index (χ0) is 22.9. The highest BCUT2D eigenvalue weighted by molar-refractivity contribution is 6.34. The molecule has 0 radical (unpaired) electrons. The van der Waals surface area contributed by atoms with Crippen LogP contribution in [0.1, 0.15) is 48.0 Å². The van der Waals surface area contributed by atoms with E-state index in [1.165, 1.54) is 6.08 Å². The van der Waals surface area contributed by atoms with E-state index in [0.717, 1.165) is 44.8 Å². The third-order valence-corrected chi connectivity index (χ3v) is 5.49. The fourth-order valence-electron chi connectivity index (χ4n) is 3.44. The summed E-state index contributed by atoms with van der Waals surface area (Å²) in [5.74, 6) is -1.74. The van der Waals surface area contributed by atoms with Crippen molar-refractivity contribution in [3.05, 3.63) is 52.2 Å². The number of carbonyl (C=O) groups excluding carboxylic acids is 2. The number of cyclic esters (lactones) is 1. The van der Waals surface area contributed by atoms with Crippen molar-refractivity contribution < 1.29 is 29.4 Å². The maximum atomic E-state index is 12.6. The number of carbonyl (C=O) groups is 2. The Bertz CT molecular complexity index is 935. The lowest BCUT2D eigenvalue weighted by Gasteiger charge is -2.16. The second kappa shape index (κ2) is 11.6. The van der Waals surface area contributed by atoms with Crippen molar-refractivity contribution in [2.24, 2.45) is 0 Å². The number of amides is 1. The zero-order valence-corrected chi connectivity index (χ0v) is 18.4. The Morgan fingerprint density at radius 2 is 1.84 bits per heavy atom. The maximum absolute atomic E-state index is 12.6. The van der Waals surface area contributed by atoms with Gasteiger partial charge in [-0.05, 0) is 44.3 Å². The van der Waals surface area contributed by atoms with Crippen LogP contribution in [0.4, 0.5) is 0 Å². The van der Waals surface area contributed by atoms with Crippen LogP contribution in [0.25, 0.3) is 6.08 Å². The van der Waals surface area contributed by atoms with Crippen molar-refractivity contribution >= 4 is 29.6 Å². The van der Waals surface area contributed by atoms with Crippen LogP contribution in [-0.2, 0) is 14.4 Å². The molecular formula is C23H27ClN2O6. The highest BCUT2D eigenvalue weighted by Crippen LogP contribution is 2.38. The third-order valence-electron chi connectivity index (χ3n) is 5.09. The number of fused-ring (bicyclic) bond motifs is 1. The summed E-state index contributed by atoms with van der Waals surface area (Å²) in [7, 11) is 0. The highest BCUT2D eigenvalue weighted by Gasteiger charge is 2.23. The lowest BCUT2D eigenvalue weighted by Crippen LogP contribution is -2.33. The van der Waals surface area contributed by atoms with Crippen LogP contribution in [0, 0.1) is 0 Å². The van der Waals surface area contributed by atoms with Gasteiger partial charge in [0, 0.05) is 24.7 Å². The molecule has 2 aliphatic heterocycles. The molecule has 1 aromatic carbocycles. The van der Waals surface area contributed by atoms with Crippen LogP contribution < -0.4 is 5.48 Å². The summed E-state index contributed by atoms with van der Waals surface area (Å²) >= 11 is 6.26. The molecule has 32 heavy (non-hydrogen) atoms. The molecule has 3 N–H and O–H groups in total. The van der Waals surface area contributed by atoms with Gasteiger partial charge in [0.25, 0.3) is 5.91 Å². The van der Waals surface area contributed by atoms with E-state index in [2.05, 4.69) is 5.48 Å². The monoisotopic (exact) mass is 462 g/mol. The lowest BCUT2D eigenvalue weighted by molar-refractivity contribution is -0.137. The number of phenols is 2. The molecule has 8 nitrogen and oxygen atoms in total. The SMILES string of the molecule is O=C1OCCC=CCCC=C/C(NOCC(=O)N2CCCC2)=C/c2c(Cl)c(O)cc(O)c21. The number of hydrogen-bond acceptors (Lipinski definition) is 7. The van der Waals surface area contributed by atoms with Gasteiger partial charge in [-0.3, -0.25) is 15.1 Å². The van der Waals surface area contributed by atoms with E-state index in [1.807, 2.05) is 18.2 Å². The number of phenolic OH excluding ortho intramolecular Hbond substituents is 2. The summed E-state index contributed by atoms with van der Waals surface area (Å²) in [6, 6.07) is 0.994. The highest BCUT2D eigenvalue weighted by atomic mass is 35.5. The van der Waals surface area contributed by atoms with Gasteiger partial charge in [-0.15, -0.1) is 0 Å². The number of likely N-dealkylation sites (tertiary alicyclic amines) is 1. The predicted molar refractivity (Wildman–Crippen MR) is 120 cm³/mol. The molecule has 9 heteroatoms. The first-order valence-electron chi connectivity index (χ1n) is 10.6. The average molecular weight is 463 g/mol. The smallest absolute Gasteiger partial charge is 0.342 e. The Morgan fingerprint density at radius 1 is 1.12 bits per heavy atom. The van der Waals surface area contributed by atoms with E-state index in [-0.39, 0.29) is 41.0 Å². The second-order valence-electron chi connectivity index (χ2n) is 7.47. The van der Waals surface area contributed by atoms with Crippen LogP contribution in [0.15, 0.2) is 36.1 Å². The molecule has 0 bridgehead atoms. The topological polar surface area (TPSA) is 108 Å². The fourth-order valence-corrected chi connectivity index (χ4v) is 3.64. The Balaban J connectivity index is 1.88. The second-order valence-corrected chi connectivity index (χ2v) is 7.85. The summed E-state index contributed by atoms with van der Waals surface area (Å²) < 4.78 is 5.25. The standard InChI is InChI=1S/C23H27ClN2O6/c24-22-17-13-16(25-32-15-20(29)26-10-6-7-11-26)9-5-3-1-2-4-8-12-31-23(30)21(17)18(27)14-19(22)28/h2,4-5,9,13-14,25,27-28H,1,3,6-8,10-12,15H2/b4-2?,9-5?,16-13-. The van der Waals surface area contributed by atoms with Crippen molar-refractivity contribution in [3.8, 4) is 11.5 Å². The van der Waals surface area contributed by atoms with Crippen molar-refractivity contribution in [1.82, 2.24) is 10.4 Å². The van der Waals surface area contributed by atoms with Gasteiger partial charge < -0.3 is 19.8 Å². The number of hydrogen-bond donors (Lipinski definition) is 3. The van der Waals surface area contributed by atoms with Gasteiger partial charge in [-0.2, -0.15) is 0 Å². The number of halogens is 1. The van der Waals surface area contributed by atoms with E-state index in [9.17, 15) is 19.8 Å². The maximum Gasteiger partial charge on any atom is 0.342 e. The molecule has 1 fully saturated rings. The number of nitrogens with zero attached hydrogens (tertiary/aromatic N) is 1. The average Bonchev–Trinajstić information content (AvgIpc) is 3.30. The van der Waals surface area contributed by atoms with Crippen molar-refractivity contribution in [3.63, 3.8) is 0 Å². The lowest BCUT2D eigenvalue weighted by atomic mass is 10.0. The van der Waals surface area contributed by atoms with Gasteiger partial charge in [-0.25, -0.2) is 4.79 Å². The number of rotatable bonds is 4. The molecule has 0 aromatic heterocycles. The molecule has 0 saturated carbocycles. The molecule has 0 aliphatic carbocycles. The normalized spacial score (nSPS) is 19.0. The van der Waals surface area contributed by atoms with Crippen LogP contribution in [0.5, 0.6) is 11.5 Å². The summed E-state index contributed by atoms with van der Waals surface area (Å²) in [5, 5.41) is 20.3. The predicted octanol–water partition coefficient (Wildman–Crippen LogP) is 3.69.